The summed E-state index contributed by atoms with van der Waals surface area (Å²) in [5.41, 5.74) is 0. The van der Waals surface area contributed by atoms with E-state index >= 15 is 0 Å². The molecule has 0 atom stereocenters. The van der Waals surface area contributed by atoms with Crippen LogP contribution in [0, 0.1) is 5.92 Å². The van der Waals surface area contributed by atoms with Gasteiger partial charge in [0.25, 0.3) is 0 Å². The van der Waals surface area contributed by atoms with E-state index in [1.165, 1.54) is 4.31 Å². The first-order chi connectivity index (χ1) is 9.86. The molecular weight excluding hydrogens is 354 g/mol. The maximum absolute atomic E-state index is 12.7. The summed E-state index contributed by atoms with van der Waals surface area (Å²) in [6.07, 6.45) is 4.07. The lowest BCUT2D eigenvalue weighted by atomic mass is 9.87. The van der Waals surface area contributed by atoms with E-state index in [0.717, 1.165) is 25.7 Å². The van der Waals surface area contributed by atoms with Gasteiger partial charge in [0.15, 0.2) is 0 Å². The fraction of sp³-hybridized carbons (Fsp3) is 0.600. The highest BCUT2D eigenvalue weighted by Gasteiger charge is 2.30. The number of hydrogen-bond acceptors (Lipinski definition) is 3. The van der Waals surface area contributed by atoms with E-state index in [1.807, 2.05) is 0 Å². The van der Waals surface area contributed by atoms with Crippen molar-refractivity contribution in [3.05, 3.63) is 22.7 Å². The summed E-state index contributed by atoms with van der Waals surface area (Å²) >= 11 is 3.34. The predicted molar refractivity (Wildman–Crippen MR) is 87.1 cm³/mol. The quantitative estimate of drug-likeness (QED) is 0.806. The van der Waals surface area contributed by atoms with Gasteiger partial charge in [-0.1, -0.05) is 6.92 Å². The molecule has 118 valence electrons. The largest absolute Gasteiger partial charge is 0.496 e. The Morgan fingerprint density at radius 2 is 1.86 bits per heavy atom. The van der Waals surface area contributed by atoms with Gasteiger partial charge in [0.05, 0.1) is 16.5 Å². The van der Waals surface area contributed by atoms with Crippen LogP contribution in [0.25, 0.3) is 0 Å². The summed E-state index contributed by atoms with van der Waals surface area (Å²) in [7, 11) is -0.208. The molecule has 0 bridgehead atoms. The van der Waals surface area contributed by atoms with Gasteiger partial charge in [0.2, 0.25) is 10.0 Å². The Bertz CT molecular complexity index is 595. The number of benzene rings is 1. The zero-order chi connectivity index (χ0) is 15.6. The first-order valence-electron chi connectivity index (χ1n) is 7.18. The monoisotopic (exact) mass is 375 g/mol. The van der Waals surface area contributed by atoms with Crippen molar-refractivity contribution < 1.29 is 13.2 Å². The van der Waals surface area contributed by atoms with E-state index in [0.29, 0.717) is 21.0 Å². The first-order valence-corrected chi connectivity index (χ1v) is 9.41. The molecule has 1 aliphatic rings. The minimum Gasteiger partial charge on any atom is -0.496 e. The Labute approximate surface area is 135 Å². The van der Waals surface area contributed by atoms with E-state index < -0.39 is 10.0 Å². The third-order valence-electron chi connectivity index (χ3n) is 4.30. The summed E-state index contributed by atoms with van der Waals surface area (Å²) in [5, 5.41) is 0. The molecule has 0 N–H and O–H groups in total. The molecule has 1 aromatic rings. The molecule has 0 amide bonds. The van der Waals surface area contributed by atoms with E-state index in [2.05, 4.69) is 22.9 Å². The second-order valence-electron chi connectivity index (χ2n) is 5.73. The standard InChI is InChI=1S/C15H22BrNO3S/c1-11-4-6-12(7-5-11)17(2)21(18,19)13-8-9-15(20-3)14(16)10-13/h8-12H,4-7H2,1-3H3. The van der Waals surface area contributed by atoms with Gasteiger partial charge in [-0.05, 0) is 65.7 Å². The van der Waals surface area contributed by atoms with Crippen molar-refractivity contribution in [3.63, 3.8) is 0 Å². The lowest BCUT2D eigenvalue weighted by Gasteiger charge is -2.32. The number of nitrogens with zero attached hydrogens (tertiary/aromatic N) is 1. The van der Waals surface area contributed by atoms with Gasteiger partial charge >= 0.3 is 0 Å². The number of halogens is 1. The van der Waals surface area contributed by atoms with Crippen LogP contribution in [0.3, 0.4) is 0 Å². The number of rotatable bonds is 4. The molecule has 6 heteroatoms. The summed E-state index contributed by atoms with van der Waals surface area (Å²) in [6.45, 7) is 2.23. The Hall–Kier alpha value is -0.590. The Morgan fingerprint density at radius 3 is 2.38 bits per heavy atom. The van der Waals surface area contributed by atoms with Crippen LogP contribution in [-0.4, -0.2) is 32.9 Å². The number of methoxy groups -OCH3 is 1. The van der Waals surface area contributed by atoms with Crippen LogP contribution < -0.4 is 4.74 Å². The van der Waals surface area contributed by atoms with Gasteiger partial charge in [0.1, 0.15) is 5.75 Å². The molecule has 1 aromatic carbocycles. The molecule has 21 heavy (non-hydrogen) atoms. The second kappa shape index (κ2) is 6.67. The Morgan fingerprint density at radius 1 is 1.24 bits per heavy atom. The highest BCUT2D eigenvalue weighted by atomic mass is 79.9. The van der Waals surface area contributed by atoms with E-state index in [-0.39, 0.29) is 6.04 Å². The minimum absolute atomic E-state index is 0.104. The zero-order valence-corrected chi connectivity index (χ0v) is 15.1. The van der Waals surface area contributed by atoms with Crippen molar-refractivity contribution in [1.82, 2.24) is 4.31 Å². The third-order valence-corrected chi connectivity index (χ3v) is 6.83. The third kappa shape index (κ3) is 3.60. The van der Waals surface area contributed by atoms with Gasteiger partial charge in [-0.25, -0.2) is 8.42 Å². The van der Waals surface area contributed by atoms with Crippen LogP contribution in [0.2, 0.25) is 0 Å². The van der Waals surface area contributed by atoms with E-state index in [9.17, 15) is 8.42 Å². The molecule has 1 saturated carbocycles. The van der Waals surface area contributed by atoms with Gasteiger partial charge < -0.3 is 4.74 Å². The average Bonchev–Trinajstić information content (AvgIpc) is 2.47. The number of hydrogen-bond donors (Lipinski definition) is 0. The molecule has 0 radical (unpaired) electrons. The zero-order valence-electron chi connectivity index (χ0n) is 12.7. The van der Waals surface area contributed by atoms with Crippen molar-refractivity contribution in [1.29, 1.82) is 0 Å². The van der Waals surface area contributed by atoms with E-state index in [1.54, 1.807) is 32.4 Å². The van der Waals surface area contributed by atoms with Gasteiger partial charge in [-0.3, -0.25) is 0 Å². The average molecular weight is 376 g/mol. The molecular formula is C15H22BrNO3S. The molecule has 0 saturated heterocycles. The molecule has 2 rings (SSSR count). The summed E-state index contributed by atoms with van der Waals surface area (Å²) < 4.78 is 32.8. The topological polar surface area (TPSA) is 46.6 Å². The van der Waals surface area contributed by atoms with Gasteiger partial charge in [-0.15, -0.1) is 0 Å². The fourth-order valence-electron chi connectivity index (χ4n) is 2.78. The predicted octanol–water partition coefficient (Wildman–Crippen LogP) is 3.66. The number of sulfonamides is 1. The molecule has 0 aromatic heterocycles. The molecule has 0 heterocycles. The van der Waals surface area contributed by atoms with Crippen LogP contribution >= 0.6 is 15.9 Å². The maximum Gasteiger partial charge on any atom is 0.243 e. The lowest BCUT2D eigenvalue weighted by Crippen LogP contribution is -2.39. The molecule has 1 fully saturated rings. The molecule has 0 aliphatic heterocycles. The van der Waals surface area contributed by atoms with Crippen molar-refractivity contribution in [2.75, 3.05) is 14.2 Å². The normalized spacial score (nSPS) is 23.3. The summed E-state index contributed by atoms with van der Waals surface area (Å²) in [6, 6.07) is 4.98. The molecule has 0 unspecified atom stereocenters. The molecule has 4 nitrogen and oxygen atoms in total. The van der Waals surface area contributed by atoms with Crippen LogP contribution in [0.1, 0.15) is 32.6 Å². The van der Waals surface area contributed by atoms with Gasteiger partial charge in [-0.2, -0.15) is 4.31 Å². The Balaban J connectivity index is 2.22. The van der Waals surface area contributed by atoms with Gasteiger partial charge in [0, 0.05) is 13.1 Å². The van der Waals surface area contributed by atoms with Crippen LogP contribution in [-0.2, 0) is 10.0 Å². The number of ether oxygens (including phenoxy) is 1. The van der Waals surface area contributed by atoms with Crippen molar-refractivity contribution in [2.45, 2.75) is 43.5 Å². The van der Waals surface area contributed by atoms with Crippen molar-refractivity contribution in [3.8, 4) is 5.75 Å². The fourth-order valence-corrected chi connectivity index (χ4v) is 4.91. The lowest BCUT2D eigenvalue weighted by molar-refractivity contribution is 0.246. The first kappa shape index (κ1) is 16.8. The highest BCUT2D eigenvalue weighted by molar-refractivity contribution is 9.10. The maximum atomic E-state index is 12.7. The Kier molecular flexibility index (Phi) is 5.33. The van der Waals surface area contributed by atoms with E-state index in [4.69, 9.17) is 4.74 Å². The smallest absolute Gasteiger partial charge is 0.243 e. The molecule has 0 spiro atoms. The molecule has 1 aliphatic carbocycles. The summed E-state index contributed by atoms with van der Waals surface area (Å²) in [4.78, 5) is 0.302. The minimum atomic E-state index is -3.46. The SMILES string of the molecule is COc1ccc(S(=O)(=O)N(C)C2CCC(C)CC2)cc1Br. The van der Waals surface area contributed by atoms with Crippen molar-refractivity contribution >= 4 is 26.0 Å². The van der Waals surface area contributed by atoms with Crippen LogP contribution in [0.4, 0.5) is 0 Å². The van der Waals surface area contributed by atoms with Crippen molar-refractivity contribution in [2.24, 2.45) is 5.92 Å². The summed E-state index contributed by atoms with van der Waals surface area (Å²) in [5.74, 6) is 1.33. The van der Waals surface area contributed by atoms with Crippen LogP contribution in [0.5, 0.6) is 5.75 Å². The van der Waals surface area contributed by atoms with Crippen LogP contribution in [0.15, 0.2) is 27.6 Å². The highest BCUT2D eigenvalue weighted by Crippen LogP contribution is 2.32. The second-order valence-corrected chi connectivity index (χ2v) is 8.58.